The molecule has 0 saturated carbocycles. The number of benzodiazepines with no additional fused rings is 1. The molecule has 0 saturated heterocycles. The summed E-state index contributed by atoms with van der Waals surface area (Å²) in [4.78, 5) is 35.4. The van der Waals surface area contributed by atoms with Crippen LogP contribution in [0.4, 0.5) is 20.2 Å². The van der Waals surface area contributed by atoms with Gasteiger partial charge in [-0.05, 0) is 19.9 Å². The van der Waals surface area contributed by atoms with E-state index in [-0.39, 0.29) is 22.6 Å². The number of anilines is 2. The summed E-state index contributed by atoms with van der Waals surface area (Å²) in [6, 6.07) is 14.6. The van der Waals surface area contributed by atoms with Crippen LogP contribution in [-0.4, -0.2) is 45.0 Å². The van der Waals surface area contributed by atoms with E-state index in [1.165, 1.54) is 35.3 Å². The molecule has 2 amide bonds. The van der Waals surface area contributed by atoms with Gasteiger partial charge in [0.15, 0.2) is 5.82 Å². The Morgan fingerprint density at radius 2 is 1.85 bits per heavy atom. The molecule has 2 aromatic carbocycles. The van der Waals surface area contributed by atoms with Gasteiger partial charge >= 0.3 is 0 Å². The van der Waals surface area contributed by atoms with Crippen LogP contribution in [0, 0.1) is 11.6 Å². The Morgan fingerprint density at radius 3 is 2.56 bits per heavy atom. The van der Waals surface area contributed by atoms with E-state index in [0.717, 1.165) is 0 Å². The fraction of sp³-hybridized carbons (Fsp3) is 0.179. The van der Waals surface area contributed by atoms with Crippen molar-refractivity contribution in [2.45, 2.75) is 26.6 Å². The monoisotopic (exact) mass is 529 g/mol. The van der Waals surface area contributed by atoms with Crippen molar-refractivity contribution in [3.8, 4) is 11.4 Å². The number of carbonyl (C=O) groups excluding carboxylic acids is 2. The maximum absolute atomic E-state index is 15.1. The highest BCUT2D eigenvalue weighted by Crippen LogP contribution is 2.28. The van der Waals surface area contributed by atoms with Gasteiger partial charge in [-0.25, -0.2) is 18.8 Å². The topological polar surface area (TPSA) is 113 Å². The van der Waals surface area contributed by atoms with Crippen LogP contribution in [0.15, 0.2) is 72.0 Å². The zero-order chi connectivity index (χ0) is 27.5. The van der Waals surface area contributed by atoms with E-state index in [4.69, 9.17) is 0 Å². The molecule has 2 aromatic heterocycles. The number of aliphatic imine (C=N–C) groups is 1. The quantitative estimate of drug-likeness (QED) is 0.332. The first-order valence-corrected chi connectivity index (χ1v) is 12.4. The summed E-state index contributed by atoms with van der Waals surface area (Å²) < 4.78 is 31.3. The Bertz CT molecular complexity index is 1580. The van der Waals surface area contributed by atoms with Crippen LogP contribution in [0.2, 0.25) is 0 Å². The summed E-state index contributed by atoms with van der Waals surface area (Å²) in [6.45, 7) is 4.60. The van der Waals surface area contributed by atoms with Crippen LogP contribution in [0.3, 0.4) is 0 Å². The van der Waals surface area contributed by atoms with Gasteiger partial charge in [0.2, 0.25) is 6.17 Å². The normalized spacial score (nSPS) is 14.6. The van der Waals surface area contributed by atoms with Gasteiger partial charge in [0, 0.05) is 30.3 Å². The van der Waals surface area contributed by atoms with Crippen molar-refractivity contribution in [3.63, 3.8) is 0 Å². The number of hydrogen-bond acceptors (Lipinski definition) is 6. The number of rotatable bonds is 7. The number of carbonyl (C=O) groups is 2. The highest BCUT2D eigenvalue weighted by Gasteiger charge is 2.31. The minimum absolute atomic E-state index is 0.0108. The summed E-state index contributed by atoms with van der Waals surface area (Å²) in [6.07, 6.45) is 1.35. The molecule has 4 aromatic rings. The number of hydrogen-bond donors (Lipinski definition) is 3. The van der Waals surface area contributed by atoms with Crippen molar-refractivity contribution in [1.29, 1.82) is 0 Å². The maximum Gasteiger partial charge on any atom is 0.269 e. The molecule has 0 unspecified atom stereocenters. The van der Waals surface area contributed by atoms with Crippen molar-refractivity contribution in [2.75, 3.05) is 17.2 Å². The van der Waals surface area contributed by atoms with Crippen molar-refractivity contribution in [2.24, 2.45) is 4.99 Å². The van der Waals surface area contributed by atoms with Gasteiger partial charge in [-0.3, -0.25) is 14.3 Å². The van der Waals surface area contributed by atoms with Gasteiger partial charge in [-0.2, -0.15) is 5.10 Å². The van der Waals surface area contributed by atoms with Crippen LogP contribution < -0.4 is 16.0 Å². The number of benzene rings is 2. The molecule has 3 N–H and O–H groups in total. The average molecular weight is 530 g/mol. The number of para-hydroxylation sites is 1. The Labute approximate surface area is 223 Å². The molecule has 1 atom stereocenters. The number of pyridine rings is 1. The number of nitrogens with one attached hydrogen (secondary N) is 3. The fourth-order valence-electron chi connectivity index (χ4n) is 4.38. The van der Waals surface area contributed by atoms with Crippen molar-refractivity contribution in [3.05, 3.63) is 95.3 Å². The molecule has 3 heterocycles. The number of nitrogens with zero attached hydrogens (tertiary/aromatic N) is 4. The second kappa shape index (κ2) is 10.8. The number of halogens is 2. The maximum atomic E-state index is 15.1. The summed E-state index contributed by atoms with van der Waals surface area (Å²) in [5.74, 6) is -2.72. The molecule has 5 rings (SSSR count). The zero-order valence-corrected chi connectivity index (χ0v) is 21.2. The molecule has 1 aliphatic heterocycles. The van der Waals surface area contributed by atoms with Crippen LogP contribution in [0.25, 0.3) is 11.4 Å². The largest absolute Gasteiger partial charge is 0.384 e. The van der Waals surface area contributed by atoms with E-state index in [1.54, 1.807) is 37.3 Å². The highest BCUT2D eigenvalue weighted by molar-refractivity contribution is 6.20. The van der Waals surface area contributed by atoms with Crippen LogP contribution in [-0.2, 0) is 11.3 Å². The van der Waals surface area contributed by atoms with E-state index in [0.29, 0.717) is 35.6 Å². The zero-order valence-electron chi connectivity index (χ0n) is 21.2. The Hall–Kier alpha value is -4.93. The SMILES string of the molecule is CCNc1cnc(-c2c(C(=O)N[C@H]3N=C(c4ccccc4)c4cccc(F)c4NC3=O)cnn2CC)c(F)c1. The van der Waals surface area contributed by atoms with Gasteiger partial charge < -0.3 is 16.0 Å². The lowest BCUT2D eigenvalue weighted by atomic mass is 10.0. The lowest BCUT2D eigenvalue weighted by Gasteiger charge is -2.14. The molecular weight excluding hydrogens is 504 g/mol. The van der Waals surface area contributed by atoms with E-state index in [9.17, 15) is 14.0 Å². The standard InChI is InChI=1S/C28H25F2N7O2/c1-3-31-17-13-21(30)24(32-14-17)25-19(15-33-37(25)4-2)27(38)36-26-28(39)35-23-18(11-8-12-20(23)29)22(34-26)16-9-6-5-7-10-16/h5-15,26,31H,3-4H2,1-2H3,(H,35,39)(H,36,38)/t26-/m1/s1. The third-order valence-electron chi connectivity index (χ3n) is 6.17. The lowest BCUT2D eigenvalue weighted by molar-refractivity contribution is -0.117. The number of amides is 2. The third kappa shape index (κ3) is 4.98. The first-order valence-electron chi connectivity index (χ1n) is 12.4. The van der Waals surface area contributed by atoms with E-state index < -0.39 is 29.6 Å². The van der Waals surface area contributed by atoms with Gasteiger partial charge in [0.05, 0.1) is 35.0 Å². The Morgan fingerprint density at radius 1 is 1.05 bits per heavy atom. The fourth-order valence-corrected chi connectivity index (χ4v) is 4.38. The molecular formula is C28H25F2N7O2. The van der Waals surface area contributed by atoms with E-state index >= 15 is 4.39 Å². The number of aromatic nitrogens is 3. The van der Waals surface area contributed by atoms with E-state index in [2.05, 4.69) is 31.0 Å². The molecule has 1 aliphatic rings. The molecule has 0 radical (unpaired) electrons. The molecule has 0 bridgehead atoms. The van der Waals surface area contributed by atoms with Gasteiger partial charge in [0.1, 0.15) is 17.2 Å². The minimum atomic E-state index is -1.41. The number of fused-ring (bicyclic) bond motifs is 1. The molecule has 0 fully saturated rings. The predicted octanol–water partition coefficient (Wildman–Crippen LogP) is 4.22. The molecule has 9 nitrogen and oxygen atoms in total. The summed E-state index contributed by atoms with van der Waals surface area (Å²) in [7, 11) is 0. The second-order valence-corrected chi connectivity index (χ2v) is 8.68. The second-order valence-electron chi connectivity index (χ2n) is 8.68. The molecule has 39 heavy (non-hydrogen) atoms. The lowest BCUT2D eigenvalue weighted by Crippen LogP contribution is -2.42. The molecule has 11 heteroatoms. The highest BCUT2D eigenvalue weighted by atomic mass is 19.1. The van der Waals surface area contributed by atoms with E-state index in [1.807, 2.05) is 13.0 Å². The molecule has 0 spiro atoms. The summed E-state index contributed by atoms with van der Waals surface area (Å²) in [5, 5.41) is 12.4. The first-order chi connectivity index (χ1) is 18.9. The van der Waals surface area contributed by atoms with Crippen molar-refractivity contribution >= 4 is 28.9 Å². The van der Waals surface area contributed by atoms with Crippen LogP contribution in [0.5, 0.6) is 0 Å². The van der Waals surface area contributed by atoms with Gasteiger partial charge in [0.25, 0.3) is 11.8 Å². The molecule has 0 aliphatic carbocycles. The minimum Gasteiger partial charge on any atom is -0.384 e. The van der Waals surface area contributed by atoms with Gasteiger partial charge in [-0.15, -0.1) is 0 Å². The molecule has 198 valence electrons. The van der Waals surface area contributed by atoms with Crippen LogP contribution in [0.1, 0.15) is 35.3 Å². The van der Waals surface area contributed by atoms with Crippen molar-refractivity contribution < 1.29 is 18.4 Å². The Kier molecular flexibility index (Phi) is 7.13. The first kappa shape index (κ1) is 25.7. The summed E-state index contributed by atoms with van der Waals surface area (Å²) >= 11 is 0. The predicted molar refractivity (Wildman–Crippen MR) is 144 cm³/mol. The number of aryl methyl sites for hydroxylation is 1. The average Bonchev–Trinajstić information content (AvgIpc) is 3.31. The Balaban J connectivity index is 1.54. The summed E-state index contributed by atoms with van der Waals surface area (Å²) in [5.41, 5.74) is 1.90. The van der Waals surface area contributed by atoms with Crippen molar-refractivity contribution in [1.82, 2.24) is 20.1 Å². The third-order valence-corrected chi connectivity index (χ3v) is 6.17. The smallest absolute Gasteiger partial charge is 0.269 e. The van der Waals surface area contributed by atoms with Crippen LogP contribution >= 0.6 is 0 Å². The van der Waals surface area contributed by atoms with Gasteiger partial charge in [-0.1, -0.05) is 42.5 Å².